The highest BCUT2D eigenvalue weighted by Crippen LogP contribution is 2.09. The summed E-state index contributed by atoms with van der Waals surface area (Å²) >= 11 is 0. The minimum Gasteiger partial charge on any atom is -0.465 e. The lowest BCUT2D eigenvalue weighted by Crippen LogP contribution is -2.35. The second-order valence-corrected chi connectivity index (χ2v) is 4.10. The van der Waals surface area contributed by atoms with Gasteiger partial charge in [-0.05, 0) is 24.9 Å². The molecule has 2 rings (SSSR count). The summed E-state index contributed by atoms with van der Waals surface area (Å²) in [6.07, 6.45) is 1.50. The van der Waals surface area contributed by atoms with Gasteiger partial charge in [0.05, 0.1) is 12.7 Å². The van der Waals surface area contributed by atoms with Crippen LogP contribution in [0, 0.1) is 0 Å². The lowest BCUT2D eigenvalue weighted by atomic mass is 10.1. The Hall–Kier alpha value is -1.59. The third kappa shape index (κ3) is 6.88. The van der Waals surface area contributed by atoms with E-state index < -0.39 is 6.09 Å². The molecule has 1 heterocycles. The fourth-order valence-corrected chi connectivity index (χ4v) is 1.75. The molecule has 1 aromatic rings. The Morgan fingerprint density at radius 2 is 2.11 bits per heavy atom. The molecule has 1 aliphatic heterocycles. The van der Waals surface area contributed by atoms with Crippen LogP contribution in [0.15, 0.2) is 30.3 Å². The van der Waals surface area contributed by atoms with Gasteiger partial charge in [0.15, 0.2) is 0 Å². The Morgan fingerprint density at radius 3 is 2.67 bits per heavy atom. The van der Waals surface area contributed by atoms with E-state index >= 15 is 0 Å². The number of nitrogens with one attached hydrogen (secondary N) is 1. The molecule has 0 unspecified atom stereocenters. The SMILES string of the molecule is NC(=O)O.c1ccc(CO[C@@H]2CCCNC2)cc1. The van der Waals surface area contributed by atoms with Crippen LogP contribution in [-0.2, 0) is 11.3 Å². The van der Waals surface area contributed by atoms with Gasteiger partial charge < -0.3 is 20.9 Å². The summed E-state index contributed by atoms with van der Waals surface area (Å²) in [6, 6.07) is 10.4. The normalized spacial score (nSPS) is 18.6. The monoisotopic (exact) mass is 252 g/mol. The van der Waals surface area contributed by atoms with Gasteiger partial charge in [0.2, 0.25) is 0 Å². The predicted octanol–water partition coefficient (Wildman–Crippen LogP) is 1.58. The van der Waals surface area contributed by atoms with Gasteiger partial charge in [0.25, 0.3) is 0 Å². The molecular formula is C13H20N2O3. The van der Waals surface area contributed by atoms with Crippen molar-refractivity contribution in [2.75, 3.05) is 13.1 Å². The van der Waals surface area contributed by atoms with Crippen LogP contribution in [-0.4, -0.2) is 30.4 Å². The van der Waals surface area contributed by atoms with E-state index in [4.69, 9.17) is 14.6 Å². The summed E-state index contributed by atoms with van der Waals surface area (Å²) in [5.41, 5.74) is 5.29. The van der Waals surface area contributed by atoms with Gasteiger partial charge >= 0.3 is 6.09 Å². The lowest BCUT2D eigenvalue weighted by Gasteiger charge is -2.23. The van der Waals surface area contributed by atoms with E-state index in [-0.39, 0.29) is 0 Å². The molecule has 5 heteroatoms. The summed E-state index contributed by atoms with van der Waals surface area (Å²) in [5.74, 6) is 0. The third-order valence-corrected chi connectivity index (χ3v) is 2.58. The number of nitrogens with two attached hydrogens (primary N) is 1. The quantitative estimate of drug-likeness (QED) is 0.762. The molecule has 18 heavy (non-hydrogen) atoms. The van der Waals surface area contributed by atoms with E-state index in [1.165, 1.54) is 18.4 Å². The number of piperidine rings is 1. The van der Waals surface area contributed by atoms with Crippen LogP contribution in [0.2, 0.25) is 0 Å². The molecule has 1 amide bonds. The van der Waals surface area contributed by atoms with Gasteiger partial charge in [-0.1, -0.05) is 30.3 Å². The number of hydrogen-bond donors (Lipinski definition) is 3. The van der Waals surface area contributed by atoms with Crippen molar-refractivity contribution in [1.29, 1.82) is 0 Å². The first kappa shape index (κ1) is 14.5. The molecule has 0 aromatic heterocycles. The number of hydrogen-bond acceptors (Lipinski definition) is 3. The van der Waals surface area contributed by atoms with E-state index in [1.54, 1.807) is 0 Å². The van der Waals surface area contributed by atoms with E-state index in [1.807, 2.05) is 6.07 Å². The van der Waals surface area contributed by atoms with Crippen molar-refractivity contribution in [3.8, 4) is 0 Å². The number of carbonyl (C=O) groups is 1. The third-order valence-electron chi connectivity index (χ3n) is 2.58. The van der Waals surface area contributed by atoms with Crippen LogP contribution in [0.25, 0.3) is 0 Å². The van der Waals surface area contributed by atoms with Crippen molar-refractivity contribution in [1.82, 2.24) is 5.32 Å². The van der Waals surface area contributed by atoms with Crippen molar-refractivity contribution >= 4 is 6.09 Å². The Kier molecular flexibility index (Phi) is 6.83. The second kappa shape index (κ2) is 8.49. The average Bonchev–Trinajstić information content (AvgIpc) is 2.38. The summed E-state index contributed by atoms with van der Waals surface area (Å²) in [5, 5.41) is 10.5. The first-order chi connectivity index (χ1) is 8.68. The van der Waals surface area contributed by atoms with E-state index in [2.05, 4.69) is 35.3 Å². The number of rotatable bonds is 3. The minimum atomic E-state index is -1.33. The number of carboxylic acid groups (broad SMARTS) is 1. The molecule has 0 aliphatic carbocycles. The Morgan fingerprint density at radius 1 is 1.44 bits per heavy atom. The molecule has 0 saturated carbocycles. The highest BCUT2D eigenvalue weighted by Gasteiger charge is 2.12. The van der Waals surface area contributed by atoms with Crippen LogP contribution in [0.1, 0.15) is 18.4 Å². The molecule has 1 saturated heterocycles. The average molecular weight is 252 g/mol. The molecule has 4 N–H and O–H groups in total. The molecule has 1 atom stereocenters. The second-order valence-electron chi connectivity index (χ2n) is 4.10. The zero-order valence-corrected chi connectivity index (χ0v) is 10.3. The van der Waals surface area contributed by atoms with Crippen LogP contribution in [0.4, 0.5) is 4.79 Å². The first-order valence-corrected chi connectivity index (χ1v) is 6.03. The zero-order valence-electron chi connectivity index (χ0n) is 10.3. The molecule has 5 nitrogen and oxygen atoms in total. The lowest BCUT2D eigenvalue weighted by molar-refractivity contribution is 0.0253. The summed E-state index contributed by atoms with van der Waals surface area (Å²) in [4.78, 5) is 8.78. The van der Waals surface area contributed by atoms with Crippen LogP contribution in [0.5, 0.6) is 0 Å². The van der Waals surface area contributed by atoms with Crippen molar-refractivity contribution in [3.63, 3.8) is 0 Å². The minimum absolute atomic E-state index is 0.406. The molecule has 100 valence electrons. The number of benzene rings is 1. The Labute approximate surface area is 107 Å². The van der Waals surface area contributed by atoms with Crippen molar-refractivity contribution < 1.29 is 14.6 Å². The highest BCUT2D eigenvalue weighted by atomic mass is 16.5. The first-order valence-electron chi connectivity index (χ1n) is 6.03. The van der Waals surface area contributed by atoms with E-state index in [0.29, 0.717) is 6.10 Å². The molecule has 1 aliphatic rings. The molecule has 1 fully saturated rings. The number of amides is 1. The van der Waals surface area contributed by atoms with Crippen molar-refractivity contribution in [2.45, 2.75) is 25.6 Å². The number of primary amides is 1. The summed E-state index contributed by atoms with van der Waals surface area (Å²) in [7, 11) is 0. The van der Waals surface area contributed by atoms with Gasteiger partial charge in [-0.25, -0.2) is 4.79 Å². The Balaban J connectivity index is 0.000000357. The molecule has 0 radical (unpaired) electrons. The molecule has 0 bridgehead atoms. The van der Waals surface area contributed by atoms with Crippen molar-refractivity contribution in [2.24, 2.45) is 5.73 Å². The van der Waals surface area contributed by atoms with Crippen LogP contribution < -0.4 is 11.1 Å². The topological polar surface area (TPSA) is 84.6 Å². The van der Waals surface area contributed by atoms with Gasteiger partial charge in [-0.2, -0.15) is 0 Å². The van der Waals surface area contributed by atoms with Crippen LogP contribution in [0.3, 0.4) is 0 Å². The molecule has 0 spiro atoms. The van der Waals surface area contributed by atoms with Gasteiger partial charge in [0, 0.05) is 6.54 Å². The smallest absolute Gasteiger partial charge is 0.402 e. The predicted molar refractivity (Wildman–Crippen MR) is 69.3 cm³/mol. The van der Waals surface area contributed by atoms with E-state index in [0.717, 1.165) is 19.7 Å². The largest absolute Gasteiger partial charge is 0.465 e. The maximum Gasteiger partial charge on any atom is 0.402 e. The standard InChI is InChI=1S/C12H17NO.CH3NO2/c1-2-5-11(6-3-1)10-14-12-7-4-8-13-9-12;2-1(3)4/h1-3,5-6,12-13H,4,7-10H2;2H2,(H,3,4)/t12-;/m1./s1. The summed E-state index contributed by atoms with van der Waals surface area (Å²) < 4.78 is 5.81. The fourth-order valence-electron chi connectivity index (χ4n) is 1.75. The fraction of sp³-hybridized carbons (Fsp3) is 0.462. The zero-order chi connectivity index (χ0) is 13.2. The molecule has 1 aromatic carbocycles. The highest BCUT2D eigenvalue weighted by molar-refractivity contribution is 5.61. The maximum absolute atomic E-state index is 8.78. The molecular weight excluding hydrogens is 232 g/mol. The van der Waals surface area contributed by atoms with Gasteiger partial charge in [-0.3, -0.25) is 0 Å². The van der Waals surface area contributed by atoms with Gasteiger partial charge in [-0.15, -0.1) is 0 Å². The van der Waals surface area contributed by atoms with Gasteiger partial charge in [0.1, 0.15) is 0 Å². The van der Waals surface area contributed by atoms with Crippen LogP contribution >= 0.6 is 0 Å². The maximum atomic E-state index is 8.78. The van der Waals surface area contributed by atoms with E-state index in [9.17, 15) is 0 Å². The Bertz CT molecular complexity index is 333. The number of ether oxygens (including phenoxy) is 1. The van der Waals surface area contributed by atoms with Crippen molar-refractivity contribution in [3.05, 3.63) is 35.9 Å². The summed E-state index contributed by atoms with van der Waals surface area (Å²) in [6.45, 7) is 2.89.